The predicted molar refractivity (Wildman–Crippen MR) is 125 cm³/mol. The third-order valence-corrected chi connectivity index (χ3v) is 6.26. The smallest absolute Gasteiger partial charge is 0.265 e. The van der Waals surface area contributed by atoms with Crippen molar-refractivity contribution >= 4 is 22.7 Å². The number of methoxy groups -OCH3 is 1. The summed E-state index contributed by atoms with van der Waals surface area (Å²) in [7, 11) is 1.63. The molecule has 9 nitrogen and oxygen atoms in total. The molecule has 9 heteroatoms. The van der Waals surface area contributed by atoms with Crippen molar-refractivity contribution in [2.45, 2.75) is 38.1 Å². The minimum Gasteiger partial charge on any atom is -0.489 e. The van der Waals surface area contributed by atoms with Gasteiger partial charge in [-0.3, -0.25) is 19.8 Å². The molecule has 4 rings (SSSR count). The van der Waals surface area contributed by atoms with Gasteiger partial charge in [-0.25, -0.2) is 5.48 Å². The van der Waals surface area contributed by atoms with Gasteiger partial charge < -0.3 is 20.1 Å². The van der Waals surface area contributed by atoms with Crippen molar-refractivity contribution in [2.75, 3.05) is 13.7 Å². The number of para-hydroxylation sites is 1. The summed E-state index contributed by atoms with van der Waals surface area (Å²) in [6, 6.07) is 16.1. The maximum atomic E-state index is 13.0. The number of likely N-dealkylation sites (tertiary alicyclic amines) is 1. The lowest BCUT2D eigenvalue weighted by atomic mass is 9.89. The molecule has 0 spiro atoms. The summed E-state index contributed by atoms with van der Waals surface area (Å²) < 4.78 is 11.3. The van der Waals surface area contributed by atoms with Crippen LogP contribution in [0, 0.1) is 0 Å². The van der Waals surface area contributed by atoms with E-state index in [-0.39, 0.29) is 5.91 Å². The summed E-state index contributed by atoms with van der Waals surface area (Å²) in [6.45, 7) is 2.62. The standard InChI is InChI=1S/C25H28N4O5/c1-16(23(30)28-32)29-12-11-25(26,24(29)31)18-7-9-20(10-8-18)34-14-17-13-19(15-33-2)27-22-6-4-3-5-21(17)22/h3-10,13,16,32H,11-12,14-15,26H2,1-2H3,(H,28,30)/t16-,25-/m1/s1. The zero-order chi connectivity index (χ0) is 24.3. The lowest BCUT2D eigenvalue weighted by Crippen LogP contribution is -2.50. The summed E-state index contributed by atoms with van der Waals surface area (Å²) >= 11 is 0. The van der Waals surface area contributed by atoms with Gasteiger partial charge in [0.1, 0.15) is 23.9 Å². The summed E-state index contributed by atoms with van der Waals surface area (Å²) in [5.74, 6) is -0.373. The van der Waals surface area contributed by atoms with Gasteiger partial charge >= 0.3 is 0 Å². The van der Waals surface area contributed by atoms with Gasteiger partial charge in [-0.05, 0) is 43.2 Å². The Morgan fingerprint density at radius 1 is 1.24 bits per heavy atom. The Kier molecular flexibility index (Phi) is 6.78. The first-order valence-electron chi connectivity index (χ1n) is 11.0. The van der Waals surface area contributed by atoms with Crippen LogP contribution in [0.15, 0.2) is 54.6 Å². The second kappa shape index (κ2) is 9.76. The van der Waals surface area contributed by atoms with E-state index in [2.05, 4.69) is 4.98 Å². The van der Waals surface area contributed by atoms with Crippen LogP contribution in [0.3, 0.4) is 0 Å². The largest absolute Gasteiger partial charge is 0.489 e. The number of benzene rings is 2. The number of nitrogens with zero attached hydrogens (tertiary/aromatic N) is 2. The quantitative estimate of drug-likeness (QED) is 0.345. The van der Waals surface area contributed by atoms with Gasteiger partial charge in [-0.2, -0.15) is 0 Å². The Labute approximate surface area is 197 Å². The number of rotatable bonds is 8. The first kappa shape index (κ1) is 23.6. The summed E-state index contributed by atoms with van der Waals surface area (Å²) in [5.41, 5.74) is 10.2. The minimum atomic E-state index is -1.24. The molecule has 1 saturated heterocycles. The zero-order valence-corrected chi connectivity index (χ0v) is 19.2. The molecule has 2 aromatic carbocycles. The Balaban J connectivity index is 1.49. The first-order valence-corrected chi connectivity index (χ1v) is 11.0. The number of nitrogens with one attached hydrogen (secondary N) is 1. The number of nitrogens with two attached hydrogens (primary N) is 1. The normalized spacial score (nSPS) is 18.8. The van der Waals surface area contributed by atoms with Gasteiger partial charge in [-0.15, -0.1) is 0 Å². The van der Waals surface area contributed by atoms with Crippen LogP contribution < -0.4 is 16.0 Å². The highest BCUT2D eigenvalue weighted by Gasteiger charge is 2.47. The van der Waals surface area contributed by atoms with Gasteiger partial charge in [0.15, 0.2) is 0 Å². The molecule has 2 atom stereocenters. The van der Waals surface area contributed by atoms with Crippen molar-refractivity contribution < 1.29 is 24.3 Å². The molecule has 0 unspecified atom stereocenters. The SMILES string of the molecule is COCc1cc(COc2ccc([C@]3(N)CCN([C@H](C)C(=O)NO)C3=O)cc2)c2ccccc2n1. The molecule has 0 bridgehead atoms. The fourth-order valence-electron chi connectivity index (χ4n) is 4.29. The number of ether oxygens (including phenoxy) is 2. The highest BCUT2D eigenvalue weighted by atomic mass is 16.5. The molecule has 1 aliphatic heterocycles. The lowest BCUT2D eigenvalue weighted by Gasteiger charge is -2.27. The van der Waals surface area contributed by atoms with Crippen molar-refractivity contribution in [2.24, 2.45) is 5.73 Å². The van der Waals surface area contributed by atoms with Crippen LogP contribution in [0.2, 0.25) is 0 Å². The van der Waals surface area contributed by atoms with Crippen LogP contribution in [-0.2, 0) is 33.1 Å². The molecule has 178 valence electrons. The van der Waals surface area contributed by atoms with E-state index in [0.717, 1.165) is 22.2 Å². The number of fused-ring (bicyclic) bond motifs is 1. The second-order valence-electron chi connectivity index (χ2n) is 8.41. The molecule has 0 saturated carbocycles. The molecule has 34 heavy (non-hydrogen) atoms. The van der Waals surface area contributed by atoms with Crippen molar-refractivity contribution in [3.05, 3.63) is 71.4 Å². The van der Waals surface area contributed by atoms with E-state index >= 15 is 0 Å². The zero-order valence-electron chi connectivity index (χ0n) is 19.2. The fourth-order valence-corrected chi connectivity index (χ4v) is 4.29. The average Bonchev–Trinajstić information content (AvgIpc) is 3.17. The van der Waals surface area contributed by atoms with Crippen molar-refractivity contribution in [3.8, 4) is 5.75 Å². The Bertz CT molecular complexity index is 1200. The van der Waals surface area contributed by atoms with Gasteiger partial charge in [0, 0.05) is 24.6 Å². The third-order valence-electron chi connectivity index (χ3n) is 6.26. The Morgan fingerprint density at radius 2 is 1.97 bits per heavy atom. The van der Waals surface area contributed by atoms with Gasteiger partial charge in [-0.1, -0.05) is 30.3 Å². The molecule has 3 aromatic rings. The maximum absolute atomic E-state index is 13.0. The maximum Gasteiger partial charge on any atom is 0.265 e. The number of hydrogen-bond donors (Lipinski definition) is 3. The molecular formula is C25H28N4O5. The number of aromatic nitrogens is 1. The molecule has 2 heterocycles. The molecule has 4 N–H and O–H groups in total. The van der Waals surface area contributed by atoms with E-state index in [9.17, 15) is 9.59 Å². The fraction of sp³-hybridized carbons (Fsp3) is 0.320. The van der Waals surface area contributed by atoms with E-state index in [1.807, 2.05) is 30.3 Å². The molecule has 0 radical (unpaired) electrons. The third kappa shape index (κ3) is 4.45. The number of amides is 2. The molecule has 2 amide bonds. The first-order chi connectivity index (χ1) is 16.4. The Hall–Kier alpha value is -3.53. The summed E-state index contributed by atoms with van der Waals surface area (Å²) in [4.78, 5) is 30.7. The number of hydrogen-bond acceptors (Lipinski definition) is 7. The van der Waals surface area contributed by atoms with Gasteiger partial charge in [0.25, 0.3) is 5.91 Å². The second-order valence-corrected chi connectivity index (χ2v) is 8.41. The lowest BCUT2D eigenvalue weighted by molar-refractivity contribution is -0.143. The van der Waals surface area contributed by atoms with Gasteiger partial charge in [0.2, 0.25) is 5.91 Å². The highest BCUT2D eigenvalue weighted by Crippen LogP contribution is 2.33. The van der Waals surface area contributed by atoms with E-state index < -0.39 is 17.5 Å². The number of carbonyl (C=O) groups is 2. The summed E-state index contributed by atoms with van der Waals surface area (Å²) in [5, 5.41) is 9.88. The molecular weight excluding hydrogens is 436 g/mol. The van der Waals surface area contributed by atoms with Crippen LogP contribution in [0.25, 0.3) is 10.9 Å². The topological polar surface area (TPSA) is 127 Å². The molecule has 1 fully saturated rings. The minimum absolute atomic E-state index is 0.321. The van der Waals surface area contributed by atoms with E-state index in [1.54, 1.807) is 43.8 Å². The van der Waals surface area contributed by atoms with Crippen LogP contribution in [0.5, 0.6) is 5.75 Å². The van der Waals surface area contributed by atoms with Crippen LogP contribution in [0.1, 0.15) is 30.2 Å². The van der Waals surface area contributed by atoms with Crippen molar-refractivity contribution in [3.63, 3.8) is 0 Å². The number of carbonyl (C=O) groups excluding carboxylic acids is 2. The van der Waals surface area contributed by atoms with Crippen molar-refractivity contribution in [1.29, 1.82) is 0 Å². The monoisotopic (exact) mass is 464 g/mol. The molecule has 1 aromatic heterocycles. The van der Waals surface area contributed by atoms with Gasteiger partial charge in [0.05, 0.1) is 17.8 Å². The molecule has 1 aliphatic rings. The Morgan fingerprint density at radius 3 is 2.68 bits per heavy atom. The number of hydroxylamine groups is 1. The average molecular weight is 465 g/mol. The van der Waals surface area contributed by atoms with E-state index in [1.165, 1.54) is 4.90 Å². The van der Waals surface area contributed by atoms with E-state index in [0.29, 0.717) is 37.5 Å². The highest BCUT2D eigenvalue weighted by molar-refractivity contribution is 5.94. The predicted octanol–water partition coefficient (Wildman–Crippen LogP) is 2.24. The molecule has 0 aliphatic carbocycles. The van der Waals surface area contributed by atoms with E-state index in [4.69, 9.17) is 20.4 Å². The van der Waals surface area contributed by atoms with Crippen LogP contribution in [-0.4, -0.2) is 46.6 Å². The summed E-state index contributed by atoms with van der Waals surface area (Å²) in [6.07, 6.45) is 0.361. The number of pyridine rings is 1. The van der Waals surface area contributed by atoms with Crippen molar-refractivity contribution in [1.82, 2.24) is 15.4 Å². The van der Waals surface area contributed by atoms with Crippen LogP contribution in [0.4, 0.5) is 0 Å². The van der Waals surface area contributed by atoms with Crippen LogP contribution >= 0.6 is 0 Å².